The number of hydrogen-bond acceptors (Lipinski definition) is 6. The average molecular weight is 485 g/mol. The quantitative estimate of drug-likeness (QED) is 0.434. The van der Waals surface area contributed by atoms with E-state index in [0.717, 1.165) is 6.07 Å². The Morgan fingerprint density at radius 1 is 1.16 bits per heavy atom. The number of halogens is 4. The third-order valence-corrected chi connectivity index (χ3v) is 6.83. The van der Waals surface area contributed by atoms with E-state index in [1.165, 1.54) is 47.6 Å². The first-order chi connectivity index (χ1) is 14.9. The fourth-order valence-corrected chi connectivity index (χ4v) is 4.51. The van der Waals surface area contributed by atoms with Gasteiger partial charge in [0.05, 0.1) is 44.8 Å². The van der Waals surface area contributed by atoms with Crippen LogP contribution in [-0.2, 0) is 23.1 Å². The van der Waals surface area contributed by atoms with Crippen LogP contribution in [-0.4, -0.2) is 43.5 Å². The van der Waals surface area contributed by atoms with Crippen LogP contribution in [0.15, 0.2) is 35.5 Å². The molecule has 4 aromatic heterocycles. The van der Waals surface area contributed by atoms with Crippen LogP contribution in [0.25, 0.3) is 28.4 Å². The van der Waals surface area contributed by atoms with Gasteiger partial charge in [0.1, 0.15) is 11.4 Å². The Morgan fingerprint density at radius 3 is 2.47 bits per heavy atom. The molecular weight excluding hydrogens is 469 g/mol. The topological polar surface area (TPSA) is 95.6 Å². The smallest absolute Gasteiger partial charge is 0.324 e. The van der Waals surface area contributed by atoms with Gasteiger partial charge in [-0.05, 0) is 25.1 Å². The van der Waals surface area contributed by atoms with E-state index in [4.69, 9.17) is 11.6 Å². The summed E-state index contributed by atoms with van der Waals surface area (Å²) in [6, 6.07) is 3.67. The van der Waals surface area contributed by atoms with Gasteiger partial charge in [-0.2, -0.15) is 18.3 Å². The van der Waals surface area contributed by atoms with E-state index in [1.54, 1.807) is 7.05 Å². The van der Waals surface area contributed by atoms with E-state index < -0.39 is 21.7 Å². The zero-order chi connectivity index (χ0) is 23.4. The Hall–Kier alpha value is -2.99. The summed E-state index contributed by atoms with van der Waals surface area (Å²) in [5.41, 5.74) is -0.631. The number of imidazole rings is 1. The summed E-state index contributed by atoms with van der Waals surface area (Å²) in [6.45, 7) is 2.92. The second kappa shape index (κ2) is 7.55. The molecule has 0 radical (unpaired) electrons. The molecule has 0 fully saturated rings. The minimum atomic E-state index is -4.65. The Morgan fingerprint density at radius 2 is 1.88 bits per heavy atom. The first-order valence-electron chi connectivity index (χ1n) is 9.28. The van der Waals surface area contributed by atoms with Crippen molar-refractivity contribution in [3.8, 4) is 17.3 Å². The predicted octanol–water partition coefficient (Wildman–Crippen LogP) is 3.99. The lowest BCUT2D eigenvalue weighted by Gasteiger charge is -2.11. The number of aryl methyl sites for hydroxylation is 2. The Balaban J connectivity index is 2.02. The lowest BCUT2D eigenvalue weighted by molar-refractivity contribution is -0.141. The van der Waals surface area contributed by atoms with Gasteiger partial charge in [0, 0.05) is 7.05 Å². The number of pyridine rings is 2. The molecule has 4 aromatic rings. The van der Waals surface area contributed by atoms with Crippen molar-refractivity contribution in [2.45, 2.75) is 24.9 Å². The van der Waals surface area contributed by atoms with Gasteiger partial charge < -0.3 is 4.57 Å². The van der Waals surface area contributed by atoms with Gasteiger partial charge in [0.15, 0.2) is 21.5 Å². The van der Waals surface area contributed by atoms with E-state index in [1.807, 2.05) is 0 Å². The molecule has 0 unspecified atom stereocenters. The largest absolute Gasteiger partial charge is 0.433 e. The normalized spacial score (nSPS) is 12.6. The second-order valence-corrected chi connectivity index (χ2v) is 9.66. The number of sulfone groups is 1. The monoisotopic (exact) mass is 484 g/mol. The predicted molar refractivity (Wildman–Crippen MR) is 111 cm³/mol. The molecule has 0 atom stereocenters. The van der Waals surface area contributed by atoms with Crippen molar-refractivity contribution < 1.29 is 21.6 Å². The third-order valence-electron chi connectivity index (χ3n) is 4.87. The summed E-state index contributed by atoms with van der Waals surface area (Å²) in [4.78, 5) is 12.3. The number of alkyl halides is 3. The number of rotatable bonds is 4. The molecule has 0 spiro atoms. The molecule has 0 aromatic carbocycles. The van der Waals surface area contributed by atoms with Crippen LogP contribution in [0.4, 0.5) is 13.2 Å². The van der Waals surface area contributed by atoms with E-state index >= 15 is 0 Å². The van der Waals surface area contributed by atoms with Crippen molar-refractivity contribution in [1.29, 1.82) is 0 Å². The summed E-state index contributed by atoms with van der Waals surface area (Å²) in [7, 11) is -2.17. The molecule has 4 heterocycles. The molecule has 4 rings (SSSR count). The van der Waals surface area contributed by atoms with Crippen LogP contribution in [0.2, 0.25) is 5.02 Å². The highest BCUT2D eigenvalue weighted by atomic mass is 35.5. The summed E-state index contributed by atoms with van der Waals surface area (Å²) in [6.07, 6.45) is -1.77. The molecule has 0 bridgehead atoms. The molecule has 0 saturated heterocycles. The minimum Gasteiger partial charge on any atom is -0.324 e. The maximum Gasteiger partial charge on any atom is 0.433 e. The maximum atomic E-state index is 13.2. The number of hydrogen-bond donors (Lipinski definition) is 0. The third kappa shape index (κ3) is 3.73. The Kier molecular flexibility index (Phi) is 5.24. The van der Waals surface area contributed by atoms with E-state index in [9.17, 15) is 21.6 Å². The maximum absolute atomic E-state index is 13.2. The summed E-state index contributed by atoms with van der Waals surface area (Å²) < 4.78 is 68.0. The molecule has 0 aliphatic carbocycles. The highest BCUT2D eigenvalue weighted by molar-refractivity contribution is 7.91. The zero-order valence-electron chi connectivity index (χ0n) is 17.0. The molecule has 0 aliphatic heterocycles. The van der Waals surface area contributed by atoms with Crippen LogP contribution in [0.1, 0.15) is 18.3 Å². The zero-order valence-corrected chi connectivity index (χ0v) is 18.6. The molecule has 0 saturated carbocycles. The van der Waals surface area contributed by atoms with Crippen LogP contribution in [0.5, 0.6) is 0 Å². The standard InChI is InChI=1S/C19H16ClF3N6O2S/c1-4-32(30,31)13-5-6-15(29-9-11(20)8-24-29)27-16(13)18-26-12-7-14(19(21,22)23)25-10(2)17(12)28(18)3/h5-9H,4H2,1-3H3. The van der Waals surface area contributed by atoms with Crippen LogP contribution in [0, 0.1) is 6.92 Å². The van der Waals surface area contributed by atoms with Gasteiger partial charge >= 0.3 is 6.18 Å². The van der Waals surface area contributed by atoms with Crippen LogP contribution in [0.3, 0.4) is 0 Å². The summed E-state index contributed by atoms with van der Waals surface area (Å²) in [5, 5.41) is 4.41. The van der Waals surface area contributed by atoms with Crippen molar-refractivity contribution in [2.24, 2.45) is 7.05 Å². The van der Waals surface area contributed by atoms with Gasteiger partial charge in [0.25, 0.3) is 0 Å². The molecule has 8 nitrogen and oxygen atoms in total. The van der Waals surface area contributed by atoms with Gasteiger partial charge in [-0.3, -0.25) is 0 Å². The molecule has 168 valence electrons. The van der Waals surface area contributed by atoms with Gasteiger partial charge in [-0.1, -0.05) is 18.5 Å². The molecule has 0 aliphatic rings. The molecule has 13 heteroatoms. The average Bonchev–Trinajstić information content (AvgIpc) is 3.30. The van der Waals surface area contributed by atoms with Crippen molar-refractivity contribution in [1.82, 2.24) is 29.3 Å². The Labute approximate surface area is 185 Å². The molecular formula is C19H16ClF3N6O2S. The van der Waals surface area contributed by atoms with Crippen LogP contribution >= 0.6 is 11.6 Å². The van der Waals surface area contributed by atoms with E-state index in [-0.39, 0.29) is 39.2 Å². The van der Waals surface area contributed by atoms with E-state index in [2.05, 4.69) is 20.1 Å². The van der Waals surface area contributed by atoms with Crippen molar-refractivity contribution in [2.75, 3.05) is 5.75 Å². The van der Waals surface area contributed by atoms with Gasteiger partial charge in [0.2, 0.25) is 0 Å². The molecule has 32 heavy (non-hydrogen) atoms. The fourth-order valence-electron chi connectivity index (χ4n) is 3.36. The number of fused-ring (bicyclic) bond motifs is 1. The van der Waals surface area contributed by atoms with Gasteiger partial charge in [-0.15, -0.1) is 0 Å². The molecule has 0 N–H and O–H groups in total. The van der Waals surface area contributed by atoms with Crippen molar-refractivity contribution in [3.63, 3.8) is 0 Å². The second-order valence-electron chi connectivity index (χ2n) is 6.98. The summed E-state index contributed by atoms with van der Waals surface area (Å²) >= 11 is 5.92. The minimum absolute atomic E-state index is 0.0115. The number of aromatic nitrogens is 6. The summed E-state index contributed by atoms with van der Waals surface area (Å²) in [5.74, 6) is 0.147. The first kappa shape index (κ1) is 22.2. The number of nitrogens with zero attached hydrogens (tertiary/aromatic N) is 6. The SMILES string of the molecule is CCS(=O)(=O)c1ccc(-n2cc(Cl)cn2)nc1-c1nc2cc(C(F)(F)F)nc(C)c2n1C. The highest BCUT2D eigenvalue weighted by Gasteiger charge is 2.34. The van der Waals surface area contributed by atoms with Gasteiger partial charge in [-0.25, -0.2) is 28.1 Å². The first-order valence-corrected chi connectivity index (χ1v) is 11.3. The molecule has 0 amide bonds. The van der Waals surface area contributed by atoms with Crippen molar-refractivity contribution in [3.05, 3.63) is 47.0 Å². The highest BCUT2D eigenvalue weighted by Crippen LogP contribution is 2.34. The fraction of sp³-hybridized carbons (Fsp3) is 0.263. The Bertz CT molecular complexity index is 1460. The lowest BCUT2D eigenvalue weighted by Crippen LogP contribution is -2.11. The lowest BCUT2D eigenvalue weighted by atomic mass is 10.2. The van der Waals surface area contributed by atoms with E-state index in [0.29, 0.717) is 10.5 Å². The van der Waals surface area contributed by atoms with Crippen molar-refractivity contribution >= 4 is 32.5 Å². The van der Waals surface area contributed by atoms with Crippen LogP contribution < -0.4 is 0 Å².